The maximum absolute atomic E-state index is 5.26. The van der Waals surface area contributed by atoms with Gasteiger partial charge >= 0.3 is 0 Å². The third-order valence-electron chi connectivity index (χ3n) is 5.88. The highest BCUT2D eigenvalue weighted by Gasteiger charge is 2.43. The third-order valence-corrected chi connectivity index (χ3v) is 5.88. The van der Waals surface area contributed by atoms with Crippen LogP contribution in [0.1, 0.15) is 45.6 Å². The Balaban J connectivity index is 1.92. The molecule has 0 spiro atoms. The summed E-state index contributed by atoms with van der Waals surface area (Å²) < 4.78 is 0. The van der Waals surface area contributed by atoms with E-state index in [9.17, 15) is 0 Å². The first kappa shape index (κ1) is 13.9. The molecule has 1 aromatic carbocycles. The number of hydrogen-bond acceptors (Lipinski definition) is 2. The Hall–Kier alpha value is -1.70. The van der Waals surface area contributed by atoms with Gasteiger partial charge in [0.25, 0.3) is 0 Å². The topological polar surface area (TPSA) is 25.2 Å². The first-order valence-corrected chi connectivity index (χ1v) is 8.50. The number of nitrogens with zero attached hydrogens (tertiary/aromatic N) is 2. The summed E-state index contributed by atoms with van der Waals surface area (Å²) in [5.74, 6) is 2.08. The zero-order valence-corrected chi connectivity index (χ0v) is 13.7. The van der Waals surface area contributed by atoms with Gasteiger partial charge in [-0.2, -0.15) is 0 Å². The van der Waals surface area contributed by atoms with Crippen molar-refractivity contribution in [1.82, 2.24) is 4.98 Å². The van der Waals surface area contributed by atoms with Gasteiger partial charge in [0.2, 0.25) is 0 Å². The lowest BCUT2D eigenvalue weighted by atomic mass is 9.64. The molecule has 0 radical (unpaired) electrons. The zero-order valence-electron chi connectivity index (χ0n) is 13.7. The van der Waals surface area contributed by atoms with E-state index in [0.717, 1.165) is 17.4 Å². The van der Waals surface area contributed by atoms with Crippen molar-refractivity contribution < 1.29 is 0 Å². The van der Waals surface area contributed by atoms with Crippen molar-refractivity contribution >= 4 is 16.6 Å². The predicted octanol–water partition coefficient (Wildman–Crippen LogP) is 4.87. The summed E-state index contributed by atoms with van der Waals surface area (Å²) in [6, 6.07) is 10.6. The van der Waals surface area contributed by atoms with Gasteiger partial charge in [-0.15, -0.1) is 0 Å². The summed E-state index contributed by atoms with van der Waals surface area (Å²) in [6.07, 6.45) is 5.90. The van der Waals surface area contributed by atoms with Crippen LogP contribution in [-0.2, 0) is 0 Å². The van der Waals surface area contributed by atoms with Gasteiger partial charge in [-0.25, -0.2) is 0 Å². The van der Waals surface area contributed by atoms with E-state index in [-0.39, 0.29) is 5.54 Å². The summed E-state index contributed by atoms with van der Waals surface area (Å²) in [5.41, 5.74) is 3.77. The smallest absolute Gasteiger partial charge is 0.0708 e. The van der Waals surface area contributed by atoms with Crippen molar-refractivity contribution in [3.63, 3.8) is 0 Å². The lowest BCUT2D eigenvalue weighted by Gasteiger charge is -2.46. The highest BCUT2D eigenvalue weighted by molar-refractivity contribution is 6.11. The van der Waals surface area contributed by atoms with Crippen molar-refractivity contribution in [3.8, 4) is 0 Å². The molecule has 2 heterocycles. The van der Waals surface area contributed by atoms with Crippen molar-refractivity contribution in [2.75, 3.05) is 0 Å². The molecule has 3 unspecified atom stereocenters. The molecule has 0 amide bonds. The molecule has 3 atom stereocenters. The second-order valence-electron chi connectivity index (χ2n) is 7.62. The molecule has 1 aliphatic carbocycles. The largest absolute Gasteiger partial charge is 0.282 e. The number of hydrogen-bond donors (Lipinski definition) is 0. The average molecular weight is 292 g/mol. The van der Waals surface area contributed by atoms with E-state index < -0.39 is 0 Å². The van der Waals surface area contributed by atoms with Gasteiger partial charge in [-0.3, -0.25) is 9.98 Å². The van der Waals surface area contributed by atoms with E-state index in [1.54, 1.807) is 0 Å². The molecule has 22 heavy (non-hydrogen) atoms. The number of benzene rings is 1. The van der Waals surface area contributed by atoms with Gasteiger partial charge in [0.15, 0.2) is 0 Å². The van der Waals surface area contributed by atoms with Crippen LogP contribution in [0.25, 0.3) is 10.9 Å². The minimum Gasteiger partial charge on any atom is -0.282 e. The molecule has 1 fully saturated rings. The fraction of sp³-hybridized carbons (Fsp3) is 0.500. The lowest BCUT2D eigenvalue weighted by Crippen LogP contribution is -2.44. The Morgan fingerprint density at radius 2 is 1.91 bits per heavy atom. The summed E-state index contributed by atoms with van der Waals surface area (Å²) in [4.78, 5) is 9.78. The quantitative estimate of drug-likeness (QED) is 0.736. The normalized spacial score (nSPS) is 30.1. The molecule has 2 heteroatoms. The number of aromatic nitrogens is 1. The van der Waals surface area contributed by atoms with Crippen LogP contribution in [0.5, 0.6) is 0 Å². The molecule has 0 saturated heterocycles. The first-order valence-electron chi connectivity index (χ1n) is 8.50. The SMILES string of the molecule is CC1CCC2CC1C(c1ccnc3ccccc13)=NC2(C)C. The Morgan fingerprint density at radius 3 is 2.77 bits per heavy atom. The number of pyridine rings is 1. The Kier molecular flexibility index (Phi) is 3.11. The zero-order chi connectivity index (χ0) is 15.3. The number of fused-ring (bicyclic) bond motifs is 3. The number of para-hydroxylation sites is 1. The van der Waals surface area contributed by atoms with Crippen LogP contribution in [-0.4, -0.2) is 16.2 Å². The molecule has 1 aliphatic heterocycles. The third kappa shape index (κ3) is 2.08. The van der Waals surface area contributed by atoms with Gasteiger partial charge < -0.3 is 0 Å². The molecule has 2 bridgehead atoms. The summed E-state index contributed by atoms with van der Waals surface area (Å²) >= 11 is 0. The lowest BCUT2D eigenvalue weighted by molar-refractivity contribution is 0.159. The number of rotatable bonds is 1. The van der Waals surface area contributed by atoms with Crippen molar-refractivity contribution in [1.29, 1.82) is 0 Å². The molecule has 1 saturated carbocycles. The minimum atomic E-state index is 0.0658. The maximum Gasteiger partial charge on any atom is 0.0708 e. The van der Waals surface area contributed by atoms with Gasteiger partial charge in [0, 0.05) is 28.8 Å². The predicted molar refractivity (Wildman–Crippen MR) is 92.4 cm³/mol. The Labute approximate surface area is 132 Å². The van der Waals surface area contributed by atoms with Crippen molar-refractivity contribution in [3.05, 3.63) is 42.1 Å². The van der Waals surface area contributed by atoms with Crippen molar-refractivity contribution in [2.24, 2.45) is 22.7 Å². The van der Waals surface area contributed by atoms with Gasteiger partial charge in [0.05, 0.1) is 11.1 Å². The van der Waals surface area contributed by atoms with Crippen LogP contribution >= 0.6 is 0 Å². The second kappa shape index (κ2) is 4.91. The van der Waals surface area contributed by atoms with Crippen LogP contribution in [0.2, 0.25) is 0 Å². The van der Waals surface area contributed by atoms with Crippen LogP contribution in [0.15, 0.2) is 41.5 Å². The van der Waals surface area contributed by atoms with Crippen LogP contribution < -0.4 is 0 Å². The monoisotopic (exact) mass is 292 g/mol. The van der Waals surface area contributed by atoms with Gasteiger partial charge in [0.1, 0.15) is 0 Å². The van der Waals surface area contributed by atoms with E-state index in [2.05, 4.69) is 56.1 Å². The first-order chi connectivity index (χ1) is 10.6. The fourth-order valence-electron chi connectivity index (χ4n) is 4.41. The molecule has 114 valence electrons. The summed E-state index contributed by atoms with van der Waals surface area (Å²) in [6.45, 7) is 7.03. The number of aliphatic imine (C=N–C) groups is 1. The molecule has 2 nitrogen and oxygen atoms in total. The molecular weight excluding hydrogens is 268 g/mol. The van der Waals surface area contributed by atoms with E-state index in [1.165, 1.54) is 35.9 Å². The van der Waals surface area contributed by atoms with Gasteiger partial charge in [-0.1, -0.05) is 25.1 Å². The van der Waals surface area contributed by atoms with Crippen molar-refractivity contribution in [2.45, 2.75) is 45.6 Å². The molecule has 4 rings (SSSR count). The van der Waals surface area contributed by atoms with E-state index in [4.69, 9.17) is 4.99 Å². The van der Waals surface area contributed by atoms with Crippen LogP contribution in [0.3, 0.4) is 0 Å². The summed E-state index contributed by atoms with van der Waals surface area (Å²) in [7, 11) is 0. The highest BCUT2D eigenvalue weighted by atomic mass is 14.9. The van der Waals surface area contributed by atoms with E-state index >= 15 is 0 Å². The molecule has 0 N–H and O–H groups in total. The molecule has 1 aromatic heterocycles. The van der Waals surface area contributed by atoms with Gasteiger partial charge in [-0.05, 0) is 57.1 Å². The maximum atomic E-state index is 5.26. The van der Waals surface area contributed by atoms with Crippen LogP contribution in [0.4, 0.5) is 0 Å². The highest BCUT2D eigenvalue weighted by Crippen LogP contribution is 2.46. The standard InChI is InChI=1S/C20H24N2/c1-13-8-9-14-12-17(13)19(22-20(14,2)3)16-10-11-21-18-7-5-4-6-15(16)18/h4-7,10-11,13-14,17H,8-9,12H2,1-3H3. The Bertz CT molecular complexity index is 739. The van der Waals surface area contributed by atoms with E-state index in [1.807, 2.05) is 6.20 Å². The fourth-order valence-corrected chi connectivity index (χ4v) is 4.41. The summed E-state index contributed by atoms with van der Waals surface area (Å²) in [5, 5.41) is 1.25. The Morgan fingerprint density at radius 1 is 1.09 bits per heavy atom. The molecule has 2 aliphatic rings. The molecule has 2 aromatic rings. The van der Waals surface area contributed by atoms with Crippen LogP contribution in [0, 0.1) is 17.8 Å². The molecular formula is C20H24N2. The minimum absolute atomic E-state index is 0.0658. The second-order valence-corrected chi connectivity index (χ2v) is 7.62. The average Bonchev–Trinajstić information content (AvgIpc) is 2.52. The van der Waals surface area contributed by atoms with E-state index in [0.29, 0.717) is 5.92 Å².